The van der Waals surface area contributed by atoms with Gasteiger partial charge >= 0.3 is 0 Å². The van der Waals surface area contributed by atoms with Crippen molar-refractivity contribution in [1.29, 1.82) is 0 Å². The zero-order chi connectivity index (χ0) is 15.1. The van der Waals surface area contributed by atoms with Crippen LogP contribution in [-0.4, -0.2) is 36.3 Å². The van der Waals surface area contributed by atoms with Gasteiger partial charge in [-0.15, -0.1) is 0 Å². The highest BCUT2D eigenvalue weighted by Gasteiger charge is 2.15. The summed E-state index contributed by atoms with van der Waals surface area (Å²) >= 11 is 0. The Balaban J connectivity index is 2.72. The Morgan fingerprint density at radius 3 is 2.10 bits per heavy atom. The maximum atomic E-state index is 12.9. The Hall–Kier alpha value is -1.91. The van der Waals surface area contributed by atoms with Crippen LogP contribution in [0.4, 0.5) is 10.1 Å². The summed E-state index contributed by atoms with van der Waals surface area (Å²) in [6.45, 7) is 6.90. The van der Waals surface area contributed by atoms with Gasteiger partial charge < -0.3 is 9.80 Å². The molecule has 0 fully saturated rings. The minimum atomic E-state index is -0.350. The van der Waals surface area contributed by atoms with Gasteiger partial charge in [-0.05, 0) is 38.1 Å². The maximum absolute atomic E-state index is 12.9. The van der Waals surface area contributed by atoms with Crippen molar-refractivity contribution in [2.24, 2.45) is 0 Å². The van der Waals surface area contributed by atoms with Crippen molar-refractivity contribution in [3.63, 3.8) is 0 Å². The van der Waals surface area contributed by atoms with Crippen LogP contribution in [-0.2, 0) is 9.59 Å². The first-order valence-corrected chi connectivity index (χ1v) is 6.81. The van der Waals surface area contributed by atoms with Crippen molar-refractivity contribution >= 4 is 17.5 Å². The number of halogens is 1. The first-order chi connectivity index (χ1) is 9.49. The van der Waals surface area contributed by atoms with Crippen LogP contribution < -0.4 is 4.90 Å². The van der Waals surface area contributed by atoms with Crippen molar-refractivity contribution < 1.29 is 14.0 Å². The van der Waals surface area contributed by atoms with E-state index in [-0.39, 0.29) is 24.1 Å². The van der Waals surface area contributed by atoms with E-state index >= 15 is 0 Å². The lowest BCUT2D eigenvalue weighted by Gasteiger charge is -2.23. The zero-order valence-corrected chi connectivity index (χ0v) is 12.2. The molecule has 1 aromatic carbocycles. The fourth-order valence-electron chi connectivity index (χ4n) is 2.03. The van der Waals surface area contributed by atoms with Gasteiger partial charge in [-0.1, -0.05) is 0 Å². The van der Waals surface area contributed by atoms with Crippen LogP contribution >= 0.6 is 0 Å². The summed E-state index contributed by atoms with van der Waals surface area (Å²) in [6.07, 6.45) is 0.263. The molecule has 2 amide bonds. The maximum Gasteiger partial charge on any atom is 0.224 e. The number of hydrogen-bond donors (Lipinski definition) is 0. The van der Waals surface area contributed by atoms with Crippen LogP contribution in [0.1, 0.15) is 27.2 Å². The Bertz CT molecular complexity index is 455. The molecule has 0 N–H and O–H groups in total. The van der Waals surface area contributed by atoms with Crippen molar-refractivity contribution in [3.05, 3.63) is 30.1 Å². The normalized spacial score (nSPS) is 10.2. The summed E-state index contributed by atoms with van der Waals surface area (Å²) in [4.78, 5) is 26.8. The number of amides is 2. The summed E-state index contributed by atoms with van der Waals surface area (Å²) in [5.74, 6) is -0.496. The Morgan fingerprint density at radius 1 is 1.10 bits per heavy atom. The highest BCUT2D eigenvalue weighted by Crippen LogP contribution is 2.15. The zero-order valence-electron chi connectivity index (χ0n) is 12.2. The highest BCUT2D eigenvalue weighted by atomic mass is 19.1. The Kier molecular flexibility index (Phi) is 6.15. The summed E-state index contributed by atoms with van der Waals surface area (Å²) in [7, 11) is 0. The van der Waals surface area contributed by atoms with Crippen LogP contribution in [0.5, 0.6) is 0 Å². The van der Waals surface area contributed by atoms with Gasteiger partial charge in [0, 0.05) is 38.7 Å². The first kappa shape index (κ1) is 16.1. The molecule has 0 saturated heterocycles. The highest BCUT2D eigenvalue weighted by molar-refractivity contribution is 5.92. The third-order valence-corrected chi connectivity index (χ3v) is 3.18. The van der Waals surface area contributed by atoms with Crippen molar-refractivity contribution in [3.8, 4) is 0 Å². The molecule has 0 heterocycles. The quantitative estimate of drug-likeness (QED) is 0.803. The lowest BCUT2D eigenvalue weighted by molar-refractivity contribution is -0.130. The molecule has 0 aliphatic rings. The average molecular weight is 280 g/mol. The minimum Gasteiger partial charge on any atom is -0.343 e. The van der Waals surface area contributed by atoms with Crippen LogP contribution in [0.3, 0.4) is 0 Å². The molecule has 110 valence electrons. The molecule has 0 unspecified atom stereocenters. The van der Waals surface area contributed by atoms with E-state index in [4.69, 9.17) is 0 Å². The second-order valence-electron chi connectivity index (χ2n) is 4.46. The van der Waals surface area contributed by atoms with Crippen LogP contribution in [0.15, 0.2) is 24.3 Å². The first-order valence-electron chi connectivity index (χ1n) is 6.81. The summed E-state index contributed by atoms with van der Waals surface area (Å²) in [5, 5.41) is 0. The SMILES string of the molecule is CCN(CC)C(=O)CCN(C(C)=O)c1ccc(F)cc1. The van der Waals surface area contributed by atoms with E-state index in [9.17, 15) is 14.0 Å². The van der Waals surface area contributed by atoms with E-state index in [0.717, 1.165) is 0 Å². The third kappa shape index (κ3) is 4.33. The Morgan fingerprint density at radius 2 is 1.65 bits per heavy atom. The summed E-state index contributed by atoms with van der Waals surface area (Å²) in [6, 6.07) is 5.69. The van der Waals surface area contributed by atoms with Gasteiger partial charge in [-0.2, -0.15) is 0 Å². The number of benzene rings is 1. The van der Waals surface area contributed by atoms with Gasteiger partial charge in [-0.25, -0.2) is 4.39 Å². The smallest absolute Gasteiger partial charge is 0.224 e. The standard InChI is InChI=1S/C15H21FN2O2/c1-4-17(5-2)15(20)10-11-18(12(3)19)14-8-6-13(16)7-9-14/h6-9H,4-5,10-11H2,1-3H3. The molecule has 0 bridgehead atoms. The molecule has 0 aromatic heterocycles. The summed E-state index contributed by atoms with van der Waals surface area (Å²) in [5.41, 5.74) is 0.603. The van der Waals surface area contributed by atoms with Crippen LogP contribution in [0.2, 0.25) is 0 Å². The molecular weight excluding hydrogens is 259 g/mol. The van der Waals surface area contributed by atoms with E-state index in [2.05, 4.69) is 0 Å². The second kappa shape index (κ2) is 7.62. The number of carbonyl (C=O) groups is 2. The third-order valence-electron chi connectivity index (χ3n) is 3.18. The molecule has 0 saturated carbocycles. The fraction of sp³-hybridized carbons (Fsp3) is 0.467. The van der Waals surface area contributed by atoms with E-state index in [1.807, 2.05) is 13.8 Å². The minimum absolute atomic E-state index is 0.0170. The van der Waals surface area contributed by atoms with Crippen molar-refractivity contribution in [2.75, 3.05) is 24.5 Å². The largest absolute Gasteiger partial charge is 0.343 e. The lowest BCUT2D eigenvalue weighted by Crippen LogP contribution is -2.36. The molecule has 0 radical (unpaired) electrons. The molecule has 20 heavy (non-hydrogen) atoms. The number of hydrogen-bond acceptors (Lipinski definition) is 2. The van der Waals surface area contributed by atoms with E-state index in [0.29, 0.717) is 25.3 Å². The van der Waals surface area contributed by atoms with Gasteiger partial charge in [0.15, 0.2) is 0 Å². The number of carbonyl (C=O) groups excluding carboxylic acids is 2. The predicted octanol–water partition coefficient (Wildman–Crippen LogP) is 2.44. The average Bonchev–Trinajstić information content (AvgIpc) is 2.42. The van der Waals surface area contributed by atoms with Gasteiger partial charge in [0.25, 0.3) is 0 Å². The topological polar surface area (TPSA) is 40.6 Å². The monoisotopic (exact) mass is 280 g/mol. The summed E-state index contributed by atoms with van der Waals surface area (Å²) < 4.78 is 12.9. The predicted molar refractivity (Wildman–Crippen MR) is 77.0 cm³/mol. The van der Waals surface area contributed by atoms with E-state index in [1.165, 1.54) is 24.0 Å². The van der Waals surface area contributed by atoms with Crippen LogP contribution in [0.25, 0.3) is 0 Å². The van der Waals surface area contributed by atoms with E-state index < -0.39 is 0 Å². The van der Waals surface area contributed by atoms with Gasteiger partial charge in [0.2, 0.25) is 11.8 Å². The fourth-order valence-corrected chi connectivity index (χ4v) is 2.03. The lowest BCUT2D eigenvalue weighted by atomic mass is 10.2. The molecule has 1 aromatic rings. The van der Waals surface area contributed by atoms with Crippen molar-refractivity contribution in [2.45, 2.75) is 27.2 Å². The molecular formula is C15H21FN2O2. The number of nitrogens with zero attached hydrogens (tertiary/aromatic N) is 2. The van der Waals surface area contributed by atoms with Gasteiger partial charge in [0.1, 0.15) is 5.82 Å². The molecule has 1 rings (SSSR count). The number of anilines is 1. The molecule has 0 atom stereocenters. The second-order valence-corrected chi connectivity index (χ2v) is 4.46. The molecule has 5 heteroatoms. The van der Waals surface area contributed by atoms with E-state index in [1.54, 1.807) is 17.0 Å². The number of rotatable bonds is 6. The van der Waals surface area contributed by atoms with Crippen LogP contribution in [0, 0.1) is 5.82 Å². The molecule has 0 spiro atoms. The van der Waals surface area contributed by atoms with Gasteiger partial charge in [0.05, 0.1) is 0 Å². The Labute approximate surface area is 119 Å². The van der Waals surface area contributed by atoms with Gasteiger partial charge in [-0.3, -0.25) is 9.59 Å². The molecule has 4 nitrogen and oxygen atoms in total. The van der Waals surface area contributed by atoms with Crippen molar-refractivity contribution in [1.82, 2.24) is 4.90 Å². The molecule has 0 aliphatic carbocycles. The molecule has 0 aliphatic heterocycles.